The number of nitrogens with one attached hydrogen (secondary N) is 2. The number of rotatable bonds is 16. The molecular formula is C34H45N3O5. The normalized spacial score (nSPS) is 19.7. The third-order valence-corrected chi connectivity index (χ3v) is 8.50. The maximum Gasteiger partial charge on any atom is 0.161 e. The molecule has 8 nitrogen and oxygen atoms in total. The number of fused-ring (bicyclic) bond motifs is 1. The average Bonchev–Trinajstić information content (AvgIpc) is 3.49. The van der Waals surface area contributed by atoms with Crippen LogP contribution in [0.4, 0.5) is 0 Å². The molecule has 2 atom stereocenters. The van der Waals surface area contributed by atoms with Crippen LogP contribution in [-0.2, 0) is 22.4 Å². The quantitative estimate of drug-likeness (QED) is 0.138. The molecule has 2 aliphatic rings. The van der Waals surface area contributed by atoms with Gasteiger partial charge in [0, 0.05) is 53.7 Å². The molecule has 1 aliphatic carbocycles. The third-order valence-electron chi connectivity index (χ3n) is 8.50. The maximum atomic E-state index is 12.7. The predicted octanol–water partition coefficient (Wildman–Crippen LogP) is 5.13. The van der Waals surface area contributed by atoms with E-state index < -0.39 is 11.3 Å². The Morgan fingerprint density at radius 1 is 1.14 bits per heavy atom. The standard InChI is InChI=1S/C34H45N3O5/c1-3-4-5-6-7-10-25(39)20-26(40)12-11-23-18-29(32(41)30(19-23)42-2)31-27-14-17-37-33(35)28(27)13-15-34(31,22-38)21-24-9-8-16-36-24/h8-9,13-16,18-19,31,36-38,41H,3-7,10-12,17,20-22,35H2,1-2H3. The third kappa shape index (κ3) is 7.16. The van der Waals surface area contributed by atoms with E-state index in [1.54, 1.807) is 6.07 Å². The van der Waals surface area contributed by atoms with Crippen LogP contribution in [0.3, 0.4) is 0 Å². The van der Waals surface area contributed by atoms with Crippen LogP contribution in [0.2, 0.25) is 0 Å². The van der Waals surface area contributed by atoms with Gasteiger partial charge in [-0.25, -0.2) is 0 Å². The maximum absolute atomic E-state index is 12.7. The molecule has 0 spiro atoms. The number of aliphatic hydroxyl groups is 1. The second-order valence-corrected chi connectivity index (χ2v) is 11.6. The van der Waals surface area contributed by atoms with Gasteiger partial charge < -0.3 is 31.0 Å². The number of hydrogen-bond donors (Lipinski definition) is 5. The molecule has 1 aromatic heterocycles. The minimum atomic E-state index is -0.779. The van der Waals surface area contributed by atoms with Gasteiger partial charge in [0.25, 0.3) is 0 Å². The summed E-state index contributed by atoms with van der Waals surface area (Å²) in [6.07, 6.45) is 14.7. The Bertz CT molecular complexity index is 1340. The van der Waals surface area contributed by atoms with Gasteiger partial charge in [-0.15, -0.1) is 0 Å². The summed E-state index contributed by atoms with van der Waals surface area (Å²) in [5.74, 6) is 0.313. The minimum Gasteiger partial charge on any atom is -0.504 e. The predicted molar refractivity (Wildman–Crippen MR) is 164 cm³/mol. The van der Waals surface area contributed by atoms with Gasteiger partial charge in [-0.2, -0.15) is 0 Å². The van der Waals surface area contributed by atoms with Crippen LogP contribution in [0, 0.1) is 5.41 Å². The van der Waals surface area contributed by atoms with Gasteiger partial charge in [-0.1, -0.05) is 56.9 Å². The summed E-state index contributed by atoms with van der Waals surface area (Å²) < 4.78 is 5.58. The summed E-state index contributed by atoms with van der Waals surface area (Å²) in [5, 5.41) is 25.6. The summed E-state index contributed by atoms with van der Waals surface area (Å²) in [5.41, 5.74) is 9.69. The van der Waals surface area contributed by atoms with Gasteiger partial charge in [-0.3, -0.25) is 9.59 Å². The number of ether oxygens (including phenoxy) is 1. The number of unbranched alkanes of at least 4 members (excludes halogenated alkanes) is 4. The molecule has 0 fully saturated rings. The van der Waals surface area contributed by atoms with E-state index in [1.807, 2.05) is 36.5 Å². The number of benzene rings is 1. The first kappa shape index (κ1) is 31.2. The van der Waals surface area contributed by atoms with Gasteiger partial charge in [0.2, 0.25) is 0 Å². The lowest BCUT2D eigenvalue weighted by Gasteiger charge is -2.43. The van der Waals surface area contributed by atoms with Crippen molar-refractivity contribution in [1.29, 1.82) is 0 Å². The second kappa shape index (κ2) is 14.4. The number of ketones is 2. The summed E-state index contributed by atoms with van der Waals surface area (Å²) in [6.45, 7) is 2.51. The Morgan fingerprint density at radius 3 is 2.64 bits per heavy atom. The van der Waals surface area contributed by atoms with Crippen molar-refractivity contribution in [3.63, 3.8) is 0 Å². The molecule has 2 aromatic rings. The molecule has 8 heteroatoms. The Morgan fingerprint density at radius 2 is 1.93 bits per heavy atom. The molecular weight excluding hydrogens is 530 g/mol. The molecule has 0 bridgehead atoms. The second-order valence-electron chi connectivity index (χ2n) is 11.6. The molecule has 0 amide bonds. The van der Waals surface area contributed by atoms with Gasteiger partial charge in [0.1, 0.15) is 17.4 Å². The highest BCUT2D eigenvalue weighted by Gasteiger charge is 2.45. The highest BCUT2D eigenvalue weighted by Crippen LogP contribution is 2.54. The van der Waals surface area contributed by atoms with Crippen LogP contribution in [0.25, 0.3) is 0 Å². The number of phenols is 1. The number of Topliss-reactive ketones (excluding diaryl/α,β-unsaturated/α-hetero) is 2. The van der Waals surface area contributed by atoms with E-state index in [0.29, 0.717) is 42.9 Å². The van der Waals surface area contributed by atoms with Crippen LogP contribution in [0.15, 0.2) is 65.7 Å². The molecule has 1 aliphatic heterocycles. The number of phenolic OH excluding ortho intramolecular Hbond substituents is 1. The van der Waals surface area contributed by atoms with E-state index in [0.717, 1.165) is 48.1 Å². The number of aliphatic hydroxyl groups excluding tert-OH is 1. The van der Waals surface area contributed by atoms with Crippen LogP contribution in [0.1, 0.15) is 81.0 Å². The lowest BCUT2D eigenvalue weighted by molar-refractivity contribution is -0.127. The topological polar surface area (TPSA) is 138 Å². The van der Waals surface area contributed by atoms with E-state index in [4.69, 9.17) is 10.5 Å². The SMILES string of the molecule is CCCCCCCC(=O)CC(=O)CCc1cc(OC)c(O)c(C2C3=CCNC(N)=C3C=CC2(CO)Cc2ccc[nH]2)c1. The molecule has 6 N–H and O–H groups in total. The number of aromatic amines is 1. The number of hydrogen-bond acceptors (Lipinski definition) is 7. The number of aromatic nitrogens is 1. The monoisotopic (exact) mass is 575 g/mol. The number of carbonyl (C=O) groups is 2. The van der Waals surface area contributed by atoms with E-state index in [-0.39, 0.29) is 36.8 Å². The Balaban J connectivity index is 1.61. The highest BCUT2D eigenvalue weighted by atomic mass is 16.5. The fraction of sp³-hybridized carbons (Fsp3) is 0.471. The molecule has 0 radical (unpaired) electrons. The number of dihydropyridines is 1. The largest absolute Gasteiger partial charge is 0.504 e. The average molecular weight is 576 g/mol. The fourth-order valence-corrected chi connectivity index (χ4v) is 6.23. The summed E-state index contributed by atoms with van der Waals surface area (Å²) in [4.78, 5) is 28.4. The number of aromatic hydroxyl groups is 1. The van der Waals surface area contributed by atoms with Crippen LogP contribution >= 0.6 is 0 Å². The van der Waals surface area contributed by atoms with Crippen LogP contribution in [-0.4, -0.2) is 47.0 Å². The fourth-order valence-electron chi connectivity index (χ4n) is 6.23. The zero-order chi connectivity index (χ0) is 30.1. The van der Waals surface area contributed by atoms with Crippen molar-refractivity contribution >= 4 is 11.6 Å². The van der Waals surface area contributed by atoms with Gasteiger partial charge >= 0.3 is 0 Å². The first-order valence-electron chi connectivity index (χ1n) is 15.1. The molecule has 42 heavy (non-hydrogen) atoms. The molecule has 0 saturated heterocycles. The van der Waals surface area contributed by atoms with Crippen molar-refractivity contribution in [2.45, 2.75) is 77.0 Å². The zero-order valence-corrected chi connectivity index (χ0v) is 24.9. The van der Waals surface area contributed by atoms with Crippen molar-refractivity contribution in [2.24, 2.45) is 11.1 Å². The molecule has 4 rings (SSSR count). The van der Waals surface area contributed by atoms with Crippen molar-refractivity contribution < 1.29 is 24.5 Å². The lowest BCUT2D eigenvalue weighted by Crippen LogP contribution is -2.40. The Hall–Kier alpha value is -3.78. The number of methoxy groups -OCH3 is 1. The van der Waals surface area contributed by atoms with Crippen molar-refractivity contribution in [3.8, 4) is 11.5 Å². The van der Waals surface area contributed by atoms with Crippen molar-refractivity contribution in [1.82, 2.24) is 10.3 Å². The minimum absolute atomic E-state index is 0.00117. The number of nitrogens with two attached hydrogens (primary N) is 1. The smallest absolute Gasteiger partial charge is 0.161 e. The van der Waals surface area contributed by atoms with Crippen LogP contribution < -0.4 is 15.8 Å². The molecule has 226 valence electrons. The molecule has 0 saturated carbocycles. The van der Waals surface area contributed by atoms with Crippen LogP contribution in [0.5, 0.6) is 11.5 Å². The molecule has 2 heterocycles. The molecule has 1 aromatic carbocycles. The summed E-state index contributed by atoms with van der Waals surface area (Å²) in [6, 6.07) is 7.55. The van der Waals surface area contributed by atoms with E-state index >= 15 is 0 Å². The number of allylic oxidation sites excluding steroid dienone is 3. The van der Waals surface area contributed by atoms with Gasteiger partial charge in [0.15, 0.2) is 11.5 Å². The first-order chi connectivity index (χ1) is 20.3. The van der Waals surface area contributed by atoms with Crippen molar-refractivity contribution in [3.05, 3.63) is 82.5 Å². The summed E-state index contributed by atoms with van der Waals surface area (Å²) >= 11 is 0. The lowest BCUT2D eigenvalue weighted by atomic mass is 9.61. The number of aryl methyl sites for hydroxylation is 1. The molecule has 2 unspecified atom stereocenters. The first-order valence-corrected chi connectivity index (χ1v) is 15.1. The highest BCUT2D eigenvalue weighted by molar-refractivity contribution is 5.99. The van der Waals surface area contributed by atoms with E-state index in [1.165, 1.54) is 13.5 Å². The van der Waals surface area contributed by atoms with E-state index in [2.05, 4.69) is 23.3 Å². The van der Waals surface area contributed by atoms with Crippen molar-refractivity contribution in [2.75, 3.05) is 20.3 Å². The number of carbonyl (C=O) groups excluding carboxylic acids is 2. The Labute approximate surface area is 248 Å². The number of H-pyrrole nitrogens is 1. The van der Waals surface area contributed by atoms with Gasteiger partial charge in [0.05, 0.1) is 20.1 Å². The van der Waals surface area contributed by atoms with E-state index in [9.17, 15) is 19.8 Å². The van der Waals surface area contributed by atoms with Gasteiger partial charge in [-0.05, 0) is 48.6 Å². The Kier molecular flexibility index (Phi) is 10.7. The summed E-state index contributed by atoms with van der Waals surface area (Å²) in [7, 11) is 1.50. The zero-order valence-electron chi connectivity index (χ0n) is 24.9.